The molecule has 1 heterocycles. The molecule has 0 fully saturated rings. The zero-order valence-electron chi connectivity index (χ0n) is 13.2. The molecule has 2 heteroatoms. The van der Waals surface area contributed by atoms with Crippen LogP contribution in [0.1, 0.15) is 50.7 Å². The van der Waals surface area contributed by atoms with Crippen LogP contribution in [0.3, 0.4) is 0 Å². The van der Waals surface area contributed by atoms with Crippen molar-refractivity contribution in [3.05, 3.63) is 35.4 Å². The summed E-state index contributed by atoms with van der Waals surface area (Å²) in [5.41, 5.74) is 9.49. The van der Waals surface area contributed by atoms with Gasteiger partial charge in [-0.2, -0.15) is 0 Å². The monoisotopic (exact) mass is 274 g/mol. The van der Waals surface area contributed by atoms with Gasteiger partial charge in [0.1, 0.15) is 0 Å². The lowest BCUT2D eigenvalue weighted by Gasteiger charge is -2.43. The summed E-state index contributed by atoms with van der Waals surface area (Å²) in [4.78, 5) is 2.68. The molecule has 0 saturated carbocycles. The lowest BCUT2D eigenvalue weighted by Crippen LogP contribution is -2.54. The predicted octanol–water partition coefficient (Wildman–Crippen LogP) is 3.38. The molecular weight excluding hydrogens is 244 g/mol. The highest BCUT2D eigenvalue weighted by atomic mass is 15.2. The number of fused-ring (bicyclic) bond motifs is 1. The Labute approximate surface area is 124 Å². The third kappa shape index (κ3) is 3.24. The van der Waals surface area contributed by atoms with Gasteiger partial charge in [-0.25, -0.2) is 0 Å². The van der Waals surface area contributed by atoms with Crippen molar-refractivity contribution in [2.75, 3.05) is 19.6 Å². The van der Waals surface area contributed by atoms with E-state index in [1.165, 1.54) is 49.7 Å². The molecule has 1 aliphatic heterocycles. The Morgan fingerprint density at radius 3 is 2.15 bits per heavy atom. The van der Waals surface area contributed by atoms with Crippen molar-refractivity contribution < 1.29 is 0 Å². The molecule has 1 unspecified atom stereocenters. The topological polar surface area (TPSA) is 29.3 Å². The molecule has 0 aliphatic carbocycles. The molecule has 1 aromatic carbocycles. The Morgan fingerprint density at radius 2 is 1.70 bits per heavy atom. The highest BCUT2D eigenvalue weighted by Crippen LogP contribution is 2.28. The summed E-state index contributed by atoms with van der Waals surface area (Å²) in [6, 6.07) is 8.92. The molecule has 2 nitrogen and oxygen atoms in total. The predicted molar refractivity (Wildman–Crippen MR) is 87.0 cm³/mol. The average molecular weight is 274 g/mol. The number of benzene rings is 1. The first-order valence-corrected chi connectivity index (χ1v) is 8.27. The standard InChI is InChI=1S/C18H30N2/c1-3-5-12-18(4-2,15-19)20-13-10-16-8-6-7-9-17(16)11-14-20/h6-9H,3-5,10-15,19H2,1-2H3. The minimum Gasteiger partial charge on any atom is -0.329 e. The van der Waals surface area contributed by atoms with Crippen LogP contribution in [-0.4, -0.2) is 30.1 Å². The smallest absolute Gasteiger partial charge is 0.0329 e. The van der Waals surface area contributed by atoms with Crippen LogP contribution >= 0.6 is 0 Å². The Hall–Kier alpha value is -0.860. The maximum Gasteiger partial charge on any atom is 0.0329 e. The number of rotatable bonds is 6. The van der Waals surface area contributed by atoms with Crippen molar-refractivity contribution in [1.29, 1.82) is 0 Å². The van der Waals surface area contributed by atoms with Crippen LogP contribution in [0.4, 0.5) is 0 Å². The molecule has 0 amide bonds. The number of hydrogen-bond acceptors (Lipinski definition) is 2. The maximum absolute atomic E-state index is 6.20. The average Bonchev–Trinajstić information content (AvgIpc) is 2.72. The fourth-order valence-electron chi connectivity index (χ4n) is 3.58. The van der Waals surface area contributed by atoms with Gasteiger partial charge in [-0.15, -0.1) is 0 Å². The summed E-state index contributed by atoms with van der Waals surface area (Å²) >= 11 is 0. The molecule has 0 bridgehead atoms. The number of unbranched alkanes of at least 4 members (excludes halogenated alkanes) is 1. The van der Waals surface area contributed by atoms with Crippen LogP contribution < -0.4 is 5.73 Å². The normalized spacial score (nSPS) is 19.1. The van der Waals surface area contributed by atoms with E-state index in [1.54, 1.807) is 0 Å². The van der Waals surface area contributed by atoms with E-state index in [2.05, 4.69) is 43.0 Å². The summed E-state index contributed by atoms with van der Waals surface area (Å²) in [6.45, 7) is 7.69. The summed E-state index contributed by atoms with van der Waals surface area (Å²) in [5, 5.41) is 0. The molecule has 2 N–H and O–H groups in total. The second-order valence-electron chi connectivity index (χ2n) is 6.14. The third-order valence-electron chi connectivity index (χ3n) is 5.13. The molecule has 0 radical (unpaired) electrons. The first-order chi connectivity index (χ1) is 9.75. The fraction of sp³-hybridized carbons (Fsp3) is 0.667. The van der Waals surface area contributed by atoms with Crippen LogP contribution in [0.25, 0.3) is 0 Å². The van der Waals surface area contributed by atoms with Gasteiger partial charge in [0.15, 0.2) is 0 Å². The van der Waals surface area contributed by atoms with Gasteiger partial charge < -0.3 is 5.73 Å². The van der Waals surface area contributed by atoms with Gasteiger partial charge >= 0.3 is 0 Å². The minimum absolute atomic E-state index is 0.220. The number of hydrogen-bond donors (Lipinski definition) is 1. The van der Waals surface area contributed by atoms with Crippen LogP contribution in [-0.2, 0) is 12.8 Å². The molecule has 0 spiro atoms. The lowest BCUT2D eigenvalue weighted by molar-refractivity contribution is 0.0828. The molecule has 1 aliphatic rings. The molecule has 1 aromatic rings. The van der Waals surface area contributed by atoms with Gasteiger partial charge in [0, 0.05) is 25.2 Å². The van der Waals surface area contributed by atoms with E-state index < -0.39 is 0 Å². The number of nitrogens with zero attached hydrogens (tertiary/aromatic N) is 1. The number of nitrogens with two attached hydrogens (primary N) is 1. The lowest BCUT2D eigenvalue weighted by atomic mass is 9.87. The van der Waals surface area contributed by atoms with E-state index >= 15 is 0 Å². The van der Waals surface area contributed by atoms with E-state index in [4.69, 9.17) is 5.73 Å². The Bertz CT molecular complexity index is 383. The van der Waals surface area contributed by atoms with E-state index in [-0.39, 0.29) is 5.54 Å². The van der Waals surface area contributed by atoms with Gasteiger partial charge in [0.2, 0.25) is 0 Å². The van der Waals surface area contributed by atoms with Crippen molar-refractivity contribution in [1.82, 2.24) is 4.90 Å². The maximum atomic E-state index is 6.20. The van der Waals surface area contributed by atoms with E-state index in [1.807, 2.05) is 0 Å². The van der Waals surface area contributed by atoms with Crippen LogP contribution in [0.15, 0.2) is 24.3 Å². The van der Waals surface area contributed by atoms with Crippen molar-refractivity contribution in [3.8, 4) is 0 Å². The molecule has 1 atom stereocenters. The Balaban J connectivity index is 2.12. The SMILES string of the molecule is CCCCC(CC)(CN)N1CCc2ccccc2CC1. The van der Waals surface area contributed by atoms with Gasteiger partial charge in [-0.3, -0.25) is 4.90 Å². The molecule has 0 saturated heterocycles. The quantitative estimate of drug-likeness (QED) is 0.861. The molecule has 0 aromatic heterocycles. The zero-order chi connectivity index (χ0) is 14.4. The Morgan fingerprint density at radius 1 is 1.10 bits per heavy atom. The van der Waals surface area contributed by atoms with Gasteiger partial charge in [0.05, 0.1) is 0 Å². The highest BCUT2D eigenvalue weighted by Gasteiger charge is 2.33. The largest absolute Gasteiger partial charge is 0.329 e. The van der Waals surface area contributed by atoms with Crippen molar-refractivity contribution in [3.63, 3.8) is 0 Å². The van der Waals surface area contributed by atoms with E-state index in [9.17, 15) is 0 Å². The zero-order valence-corrected chi connectivity index (χ0v) is 13.2. The molecule has 20 heavy (non-hydrogen) atoms. The molecular formula is C18H30N2. The Kier molecular flexibility index (Phi) is 5.62. The van der Waals surface area contributed by atoms with Crippen LogP contribution in [0.2, 0.25) is 0 Å². The van der Waals surface area contributed by atoms with Crippen molar-refractivity contribution in [2.45, 2.75) is 57.9 Å². The summed E-state index contributed by atoms with van der Waals surface area (Å²) in [6.07, 6.45) is 7.30. The van der Waals surface area contributed by atoms with Crippen LogP contribution in [0, 0.1) is 0 Å². The van der Waals surface area contributed by atoms with Gasteiger partial charge in [-0.1, -0.05) is 51.0 Å². The summed E-state index contributed by atoms with van der Waals surface area (Å²) in [5.74, 6) is 0. The second-order valence-corrected chi connectivity index (χ2v) is 6.14. The van der Waals surface area contributed by atoms with Crippen molar-refractivity contribution in [2.24, 2.45) is 5.73 Å². The summed E-state index contributed by atoms with van der Waals surface area (Å²) < 4.78 is 0. The van der Waals surface area contributed by atoms with E-state index in [0.29, 0.717) is 0 Å². The molecule has 2 rings (SSSR count). The van der Waals surface area contributed by atoms with Gasteiger partial charge in [-0.05, 0) is 36.8 Å². The van der Waals surface area contributed by atoms with E-state index in [0.717, 1.165) is 19.6 Å². The molecule has 112 valence electrons. The second kappa shape index (κ2) is 7.24. The highest BCUT2D eigenvalue weighted by molar-refractivity contribution is 5.28. The third-order valence-corrected chi connectivity index (χ3v) is 5.13. The fourth-order valence-corrected chi connectivity index (χ4v) is 3.58. The minimum atomic E-state index is 0.220. The van der Waals surface area contributed by atoms with Gasteiger partial charge in [0.25, 0.3) is 0 Å². The summed E-state index contributed by atoms with van der Waals surface area (Å²) in [7, 11) is 0. The first-order valence-electron chi connectivity index (χ1n) is 8.27. The first kappa shape index (κ1) is 15.5. The van der Waals surface area contributed by atoms with Crippen LogP contribution in [0.5, 0.6) is 0 Å². The van der Waals surface area contributed by atoms with Crippen molar-refractivity contribution >= 4 is 0 Å².